The van der Waals surface area contributed by atoms with E-state index in [1.54, 1.807) is 0 Å². The lowest BCUT2D eigenvalue weighted by Gasteiger charge is -2.05. The Kier molecular flexibility index (Phi) is 4.60. The summed E-state index contributed by atoms with van der Waals surface area (Å²) in [5.41, 5.74) is 0. The molecule has 0 aliphatic carbocycles. The van der Waals surface area contributed by atoms with E-state index in [1.165, 1.54) is 0 Å². The quantitative estimate of drug-likeness (QED) is 0.575. The standard InChI is InChI=1S/C4H8FNO2S.C2H6/c5-9(7,8)6-3-1-2-4-6;1-2/h1-4H2;1-2H3. The number of nitrogens with zero attached hydrogens (tertiary/aromatic N) is 1. The molecule has 11 heavy (non-hydrogen) atoms. The summed E-state index contributed by atoms with van der Waals surface area (Å²) in [7, 11) is -4.37. The second-order valence-electron chi connectivity index (χ2n) is 2.05. The molecule has 3 nitrogen and oxygen atoms in total. The number of halogens is 1. The zero-order valence-electron chi connectivity index (χ0n) is 6.88. The van der Waals surface area contributed by atoms with E-state index in [2.05, 4.69) is 0 Å². The first-order valence-electron chi connectivity index (χ1n) is 3.80. The maximum atomic E-state index is 12.0. The van der Waals surface area contributed by atoms with E-state index in [1.807, 2.05) is 13.8 Å². The molecule has 0 aromatic carbocycles. The first kappa shape index (κ1) is 10.8. The van der Waals surface area contributed by atoms with Crippen molar-refractivity contribution >= 4 is 10.4 Å². The average Bonchev–Trinajstić information content (AvgIpc) is 2.40. The molecule has 0 spiro atoms. The van der Waals surface area contributed by atoms with Gasteiger partial charge in [-0.05, 0) is 12.8 Å². The van der Waals surface area contributed by atoms with Gasteiger partial charge in [0, 0.05) is 13.1 Å². The van der Waals surface area contributed by atoms with Crippen LogP contribution in [-0.2, 0) is 10.4 Å². The zero-order chi connectivity index (χ0) is 8.91. The van der Waals surface area contributed by atoms with E-state index >= 15 is 0 Å². The molecule has 0 aromatic rings. The summed E-state index contributed by atoms with van der Waals surface area (Å²) in [6, 6.07) is 0. The average molecular weight is 183 g/mol. The summed E-state index contributed by atoms with van der Waals surface area (Å²) in [4.78, 5) is 0. The van der Waals surface area contributed by atoms with Gasteiger partial charge in [-0.25, -0.2) is 0 Å². The molecule has 1 heterocycles. The van der Waals surface area contributed by atoms with Crippen LogP contribution in [0.15, 0.2) is 0 Å². The van der Waals surface area contributed by atoms with Crippen LogP contribution in [0.1, 0.15) is 26.7 Å². The number of hydrogen-bond acceptors (Lipinski definition) is 2. The van der Waals surface area contributed by atoms with Crippen LogP contribution < -0.4 is 0 Å². The highest BCUT2D eigenvalue weighted by Gasteiger charge is 2.23. The molecule has 0 bridgehead atoms. The van der Waals surface area contributed by atoms with Gasteiger partial charge in [0.1, 0.15) is 0 Å². The van der Waals surface area contributed by atoms with E-state index in [0.717, 1.165) is 17.1 Å². The lowest BCUT2D eigenvalue weighted by atomic mass is 10.4. The Bertz CT molecular complexity index is 185. The van der Waals surface area contributed by atoms with Crippen molar-refractivity contribution in [2.24, 2.45) is 0 Å². The molecule has 0 saturated carbocycles. The van der Waals surface area contributed by atoms with Crippen molar-refractivity contribution in [1.82, 2.24) is 4.31 Å². The van der Waals surface area contributed by atoms with Crippen LogP contribution >= 0.6 is 0 Å². The molecule has 0 radical (unpaired) electrons. The molecule has 1 saturated heterocycles. The number of rotatable bonds is 1. The van der Waals surface area contributed by atoms with Crippen molar-refractivity contribution in [2.75, 3.05) is 13.1 Å². The largest absolute Gasteiger partial charge is 0.374 e. The predicted octanol–water partition coefficient (Wildman–Crippen LogP) is 1.32. The number of hydrogen-bond donors (Lipinski definition) is 0. The molecule has 0 atom stereocenters. The van der Waals surface area contributed by atoms with Crippen LogP contribution in [0.25, 0.3) is 0 Å². The van der Waals surface area contributed by atoms with Crippen molar-refractivity contribution in [2.45, 2.75) is 26.7 Å². The smallest absolute Gasteiger partial charge is 0.177 e. The van der Waals surface area contributed by atoms with Gasteiger partial charge >= 0.3 is 10.4 Å². The van der Waals surface area contributed by atoms with Crippen LogP contribution in [0, 0.1) is 0 Å². The summed E-state index contributed by atoms with van der Waals surface area (Å²) < 4.78 is 33.0. The fourth-order valence-corrected chi connectivity index (χ4v) is 1.60. The molecular formula is C6H14FNO2S. The minimum absolute atomic E-state index is 0.346. The third kappa shape index (κ3) is 3.67. The highest BCUT2D eigenvalue weighted by atomic mass is 32.3. The van der Waals surface area contributed by atoms with Crippen LogP contribution in [0.5, 0.6) is 0 Å². The molecule has 1 fully saturated rings. The fraction of sp³-hybridized carbons (Fsp3) is 1.00. The van der Waals surface area contributed by atoms with Gasteiger partial charge in [-0.3, -0.25) is 0 Å². The van der Waals surface area contributed by atoms with Gasteiger partial charge in [0.25, 0.3) is 0 Å². The third-order valence-electron chi connectivity index (χ3n) is 1.37. The molecule has 0 aromatic heterocycles. The molecule has 5 heteroatoms. The van der Waals surface area contributed by atoms with E-state index in [0.29, 0.717) is 13.1 Å². The Labute approximate surface area is 67.5 Å². The Morgan fingerprint density at radius 1 is 1.18 bits per heavy atom. The first-order valence-corrected chi connectivity index (χ1v) is 5.14. The zero-order valence-corrected chi connectivity index (χ0v) is 7.69. The molecule has 1 rings (SSSR count). The van der Waals surface area contributed by atoms with Crippen LogP contribution in [0.3, 0.4) is 0 Å². The summed E-state index contributed by atoms with van der Waals surface area (Å²) in [6.07, 6.45) is 1.56. The van der Waals surface area contributed by atoms with Crippen LogP contribution in [-0.4, -0.2) is 25.8 Å². The molecule has 1 aliphatic rings. The molecule has 1 aliphatic heterocycles. The monoisotopic (exact) mass is 183 g/mol. The van der Waals surface area contributed by atoms with E-state index in [9.17, 15) is 12.3 Å². The second-order valence-corrected chi connectivity index (χ2v) is 3.39. The Balaban J connectivity index is 0.000000461. The van der Waals surface area contributed by atoms with Crippen LogP contribution in [0.4, 0.5) is 3.89 Å². The summed E-state index contributed by atoms with van der Waals surface area (Å²) in [5, 5.41) is 0. The van der Waals surface area contributed by atoms with Gasteiger partial charge in [0.15, 0.2) is 0 Å². The molecule has 0 N–H and O–H groups in total. The summed E-state index contributed by atoms with van der Waals surface area (Å²) in [6.45, 7) is 4.69. The van der Waals surface area contributed by atoms with Gasteiger partial charge in [-0.1, -0.05) is 17.7 Å². The molecular weight excluding hydrogens is 169 g/mol. The summed E-state index contributed by atoms with van der Waals surface area (Å²) in [5.74, 6) is 0. The maximum Gasteiger partial charge on any atom is 0.374 e. The van der Waals surface area contributed by atoms with Crippen molar-refractivity contribution in [3.8, 4) is 0 Å². The van der Waals surface area contributed by atoms with Crippen molar-refractivity contribution in [3.05, 3.63) is 0 Å². The van der Waals surface area contributed by atoms with Gasteiger partial charge in [-0.2, -0.15) is 12.7 Å². The van der Waals surface area contributed by atoms with Gasteiger partial charge < -0.3 is 0 Å². The van der Waals surface area contributed by atoms with E-state index in [-0.39, 0.29) is 0 Å². The Morgan fingerprint density at radius 3 is 1.73 bits per heavy atom. The van der Waals surface area contributed by atoms with Gasteiger partial charge in [-0.15, -0.1) is 0 Å². The van der Waals surface area contributed by atoms with Crippen molar-refractivity contribution in [3.63, 3.8) is 0 Å². The molecule has 68 valence electrons. The topological polar surface area (TPSA) is 37.4 Å². The van der Waals surface area contributed by atoms with Crippen molar-refractivity contribution in [1.29, 1.82) is 0 Å². The maximum absolute atomic E-state index is 12.0. The highest BCUT2D eigenvalue weighted by Crippen LogP contribution is 2.12. The minimum atomic E-state index is -4.37. The lowest BCUT2D eigenvalue weighted by Crippen LogP contribution is -2.23. The SMILES string of the molecule is CC.O=S(=O)(F)N1CCCC1. The third-order valence-corrected chi connectivity index (χ3v) is 2.36. The second kappa shape index (κ2) is 4.66. The van der Waals surface area contributed by atoms with E-state index < -0.39 is 10.4 Å². The Hall–Kier alpha value is -0.160. The lowest BCUT2D eigenvalue weighted by molar-refractivity contribution is 0.438. The predicted molar refractivity (Wildman–Crippen MR) is 42.2 cm³/mol. The first-order chi connectivity index (χ1) is 5.11. The van der Waals surface area contributed by atoms with Crippen LogP contribution in [0.2, 0.25) is 0 Å². The minimum Gasteiger partial charge on any atom is -0.177 e. The fourth-order valence-electron chi connectivity index (χ4n) is 0.906. The van der Waals surface area contributed by atoms with Gasteiger partial charge in [0.2, 0.25) is 0 Å². The molecule has 0 amide bonds. The summed E-state index contributed by atoms with van der Waals surface area (Å²) >= 11 is 0. The van der Waals surface area contributed by atoms with Gasteiger partial charge in [0.05, 0.1) is 0 Å². The highest BCUT2D eigenvalue weighted by molar-refractivity contribution is 7.83. The molecule has 0 unspecified atom stereocenters. The Morgan fingerprint density at radius 2 is 1.55 bits per heavy atom. The van der Waals surface area contributed by atoms with E-state index in [4.69, 9.17) is 0 Å². The van der Waals surface area contributed by atoms with Crippen molar-refractivity contribution < 1.29 is 12.3 Å². The normalized spacial score (nSPS) is 19.2.